The van der Waals surface area contributed by atoms with E-state index in [1.807, 2.05) is 0 Å². The normalized spacial score (nSPS) is 22.0. The fourth-order valence-electron chi connectivity index (χ4n) is 3.13. The molecule has 1 heterocycles. The van der Waals surface area contributed by atoms with Crippen LogP contribution in [0.2, 0.25) is 0 Å². The van der Waals surface area contributed by atoms with E-state index in [1.54, 1.807) is 6.92 Å². The first-order valence-corrected chi connectivity index (χ1v) is 9.02. The molecule has 5 atom stereocenters. The minimum atomic E-state index is -1.71. The number of esters is 1. The van der Waals surface area contributed by atoms with E-state index in [9.17, 15) is 35.1 Å². The third-order valence-corrected chi connectivity index (χ3v) is 4.70. The van der Waals surface area contributed by atoms with E-state index < -0.39 is 48.0 Å². The van der Waals surface area contributed by atoms with Crippen molar-refractivity contribution in [3.63, 3.8) is 0 Å². The van der Waals surface area contributed by atoms with Gasteiger partial charge in [0.15, 0.2) is 5.78 Å². The number of ether oxygens (including phenoxy) is 2. The highest BCUT2D eigenvalue weighted by Crippen LogP contribution is 2.39. The lowest BCUT2D eigenvalue weighted by atomic mass is 9.90. The topological polar surface area (TPSA) is 154 Å². The van der Waals surface area contributed by atoms with E-state index in [-0.39, 0.29) is 29.7 Å². The fourth-order valence-corrected chi connectivity index (χ4v) is 3.13. The number of Topliss-reactive ketones (excluding diaryl/α,β-unsaturated/α-hetero) is 1. The molecule has 1 aromatic rings. The van der Waals surface area contributed by atoms with Crippen LogP contribution in [0, 0.1) is 0 Å². The molecule has 0 aromatic heterocycles. The molecule has 0 saturated carbocycles. The second-order valence-electron chi connectivity index (χ2n) is 6.95. The summed E-state index contributed by atoms with van der Waals surface area (Å²) in [6.45, 7) is 1.58. The van der Waals surface area contributed by atoms with Crippen LogP contribution < -0.4 is 4.74 Å². The van der Waals surface area contributed by atoms with Crippen LogP contribution in [0.4, 0.5) is 0 Å². The van der Waals surface area contributed by atoms with E-state index in [0.29, 0.717) is 12.8 Å². The van der Waals surface area contributed by atoms with Gasteiger partial charge in [-0.05, 0) is 25.8 Å². The maximum Gasteiger partial charge on any atom is 0.342 e. The van der Waals surface area contributed by atoms with Crippen LogP contribution >= 0.6 is 0 Å². The van der Waals surface area contributed by atoms with Gasteiger partial charge in [-0.15, -0.1) is 0 Å². The number of methoxy groups -OCH3 is 1. The number of carbonyl (C=O) groups is 2. The first-order valence-electron chi connectivity index (χ1n) is 9.02. The number of phenols is 1. The van der Waals surface area contributed by atoms with Gasteiger partial charge in [0, 0.05) is 24.5 Å². The smallest absolute Gasteiger partial charge is 0.342 e. The molecule has 0 amide bonds. The van der Waals surface area contributed by atoms with E-state index in [4.69, 9.17) is 9.47 Å². The van der Waals surface area contributed by atoms with Crippen molar-refractivity contribution in [2.24, 2.45) is 0 Å². The van der Waals surface area contributed by atoms with Gasteiger partial charge in [0.1, 0.15) is 35.4 Å². The van der Waals surface area contributed by atoms with Gasteiger partial charge in [-0.1, -0.05) is 0 Å². The van der Waals surface area contributed by atoms with Crippen LogP contribution in [0.3, 0.4) is 0 Å². The number of benzene rings is 1. The lowest BCUT2D eigenvalue weighted by Gasteiger charge is -2.32. The predicted octanol–water partition coefficient (Wildman–Crippen LogP) is 0.205. The zero-order chi connectivity index (χ0) is 21.0. The molecule has 0 radical (unpaired) electrons. The largest absolute Gasteiger partial charge is 0.507 e. The van der Waals surface area contributed by atoms with Crippen molar-refractivity contribution in [1.82, 2.24) is 0 Å². The molecule has 0 saturated heterocycles. The minimum Gasteiger partial charge on any atom is -0.507 e. The molecular weight excluding hydrogens is 372 g/mol. The highest BCUT2D eigenvalue weighted by Gasteiger charge is 2.39. The molecule has 28 heavy (non-hydrogen) atoms. The highest BCUT2D eigenvalue weighted by atomic mass is 16.6. The first-order chi connectivity index (χ1) is 13.1. The van der Waals surface area contributed by atoms with E-state index in [1.165, 1.54) is 19.2 Å². The molecule has 0 bridgehead atoms. The number of phenolic OH excluding ortho intramolecular Hbond substituents is 1. The molecule has 156 valence electrons. The quantitative estimate of drug-likeness (QED) is 0.367. The molecule has 5 unspecified atom stereocenters. The number of aliphatic hydroxyl groups is 4. The van der Waals surface area contributed by atoms with Crippen molar-refractivity contribution < 1.29 is 44.6 Å². The van der Waals surface area contributed by atoms with Crippen molar-refractivity contribution in [2.75, 3.05) is 7.11 Å². The van der Waals surface area contributed by atoms with Crippen molar-refractivity contribution in [2.45, 2.75) is 63.1 Å². The minimum absolute atomic E-state index is 0.0238. The Bertz CT molecular complexity index is 716. The number of ketones is 1. The second-order valence-corrected chi connectivity index (χ2v) is 6.95. The maximum atomic E-state index is 12.2. The summed E-state index contributed by atoms with van der Waals surface area (Å²) in [7, 11) is 1.36. The Morgan fingerprint density at radius 1 is 1.29 bits per heavy atom. The van der Waals surface area contributed by atoms with Crippen LogP contribution in [-0.4, -0.2) is 68.8 Å². The molecule has 1 aromatic carbocycles. The van der Waals surface area contributed by atoms with Gasteiger partial charge in [0.25, 0.3) is 0 Å². The monoisotopic (exact) mass is 398 g/mol. The molecular formula is C19H26O9. The van der Waals surface area contributed by atoms with Gasteiger partial charge in [-0.3, -0.25) is 4.79 Å². The summed E-state index contributed by atoms with van der Waals surface area (Å²) < 4.78 is 10.1. The number of hydrogen-bond donors (Lipinski definition) is 5. The molecule has 2 rings (SSSR count). The third kappa shape index (κ3) is 4.99. The number of rotatable bonds is 9. The van der Waals surface area contributed by atoms with Crippen molar-refractivity contribution in [3.05, 3.63) is 23.3 Å². The lowest BCUT2D eigenvalue weighted by molar-refractivity contribution is -0.135. The average molecular weight is 398 g/mol. The molecule has 1 aliphatic heterocycles. The molecule has 9 nitrogen and oxygen atoms in total. The van der Waals surface area contributed by atoms with Gasteiger partial charge < -0.3 is 35.0 Å². The number of carbonyl (C=O) groups excluding carboxylic acids is 2. The van der Waals surface area contributed by atoms with Crippen LogP contribution in [0.5, 0.6) is 11.5 Å². The van der Waals surface area contributed by atoms with Crippen molar-refractivity contribution in [3.8, 4) is 11.5 Å². The molecule has 0 spiro atoms. The first kappa shape index (κ1) is 22.1. The fraction of sp³-hybridized carbons (Fsp3) is 0.579. The average Bonchev–Trinajstić information content (AvgIpc) is 2.63. The Morgan fingerprint density at radius 2 is 1.96 bits per heavy atom. The standard InChI is InChI=1S/C19H26O9/c1-9(20)4-3-5-12(21)18(25)14(23)8-15-17(24)11-6-10(27-2)7-13(22)16(11)19(26)28-15/h6-7,9,14-15,17-18,20,22-25H,3-5,8H2,1-2H3. The molecule has 5 N–H and O–H groups in total. The second kappa shape index (κ2) is 9.33. The zero-order valence-corrected chi connectivity index (χ0v) is 15.7. The predicted molar refractivity (Wildman–Crippen MR) is 96.0 cm³/mol. The van der Waals surface area contributed by atoms with Gasteiger partial charge in [-0.25, -0.2) is 4.79 Å². The molecule has 1 aliphatic rings. The molecule has 0 aliphatic carbocycles. The highest BCUT2D eigenvalue weighted by molar-refractivity contribution is 5.95. The molecule has 0 fully saturated rings. The van der Waals surface area contributed by atoms with Crippen LogP contribution in [-0.2, 0) is 9.53 Å². The Kier molecular flexibility index (Phi) is 7.36. The van der Waals surface area contributed by atoms with Gasteiger partial charge in [0.05, 0.1) is 19.3 Å². The summed E-state index contributed by atoms with van der Waals surface area (Å²) >= 11 is 0. The summed E-state index contributed by atoms with van der Waals surface area (Å²) in [4.78, 5) is 24.2. The van der Waals surface area contributed by atoms with Gasteiger partial charge in [0.2, 0.25) is 0 Å². The number of fused-ring (bicyclic) bond motifs is 1. The Balaban J connectivity index is 2.07. The Morgan fingerprint density at radius 3 is 2.57 bits per heavy atom. The number of aliphatic hydroxyl groups excluding tert-OH is 4. The Hall–Kier alpha value is -2.20. The zero-order valence-electron chi connectivity index (χ0n) is 15.7. The summed E-state index contributed by atoms with van der Waals surface area (Å²) in [6, 6.07) is 2.58. The van der Waals surface area contributed by atoms with Gasteiger partial charge >= 0.3 is 5.97 Å². The molecule has 9 heteroatoms. The lowest BCUT2D eigenvalue weighted by Crippen LogP contribution is -2.41. The summed E-state index contributed by atoms with van der Waals surface area (Å²) in [5.74, 6) is -1.69. The van der Waals surface area contributed by atoms with E-state index in [0.717, 1.165) is 0 Å². The number of cyclic esters (lactones) is 1. The van der Waals surface area contributed by atoms with Crippen molar-refractivity contribution >= 4 is 11.8 Å². The summed E-state index contributed by atoms with van der Waals surface area (Å²) in [5.41, 5.74) is -0.128. The van der Waals surface area contributed by atoms with E-state index in [2.05, 4.69) is 0 Å². The third-order valence-electron chi connectivity index (χ3n) is 4.70. The van der Waals surface area contributed by atoms with E-state index >= 15 is 0 Å². The SMILES string of the molecule is COc1cc(O)c2c(c1)C(O)C(CC(O)C(O)C(=O)CCCC(C)O)OC2=O. The van der Waals surface area contributed by atoms with Crippen LogP contribution in [0.1, 0.15) is 54.6 Å². The van der Waals surface area contributed by atoms with Crippen LogP contribution in [0.15, 0.2) is 12.1 Å². The Labute approximate surface area is 162 Å². The maximum absolute atomic E-state index is 12.2. The number of aromatic hydroxyl groups is 1. The van der Waals surface area contributed by atoms with Crippen molar-refractivity contribution in [1.29, 1.82) is 0 Å². The summed E-state index contributed by atoms with van der Waals surface area (Å²) in [5, 5.41) is 49.8. The van der Waals surface area contributed by atoms with Gasteiger partial charge in [-0.2, -0.15) is 0 Å². The number of hydrogen-bond acceptors (Lipinski definition) is 9. The summed E-state index contributed by atoms with van der Waals surface area (Å²) in [6.07, 6.45) is -6.11. The van der Waals surface area contributed by atoms with Crippen LogP contribution in [0.25, 0.3) is 0 Å².